The Morgan fingerprint density at radius 2 is 1.97 bits per heavy atom. The second kappa shape index (κ2) is 12.4. The quantitative estimate of drug-likeness (QED) is 0.230. The van der Waals surface area contributed by atoms with Crippen molar-refractivity contribution < 1.29 is 9.53 Å². The van der Waals surface area contributed by atoms with Crippen LogP contribution in [0.4, 0.5) is 0 Å². The topological polar surface area (TPSA) is 26.3 Å². The van der Waals surface area contributed by atoms with Crippen LogP contribution in [0.5, 0.6) is 0 Å². The van der Waals surface area contributed by atoms with Gasteiger partial charge in [-0.25, -0.2) is 4.79 Å². The van der Waals surface area contributed by atoms with Crippen LogP contribution in [-0.2, 0) is 9.53 Å². The third-order valence-electron chi connectivity index (χ3n) is 6.08. The van der Waals surface area contributed by atoms with E-state index in [-0.39, 0.29) is 11.4 Å². The van der Waals surface area contributed by atoms with Gasteiger partial charge in [0.1, 0.15) is 0 Å². The summed E-state index contributed by atoms with van der Waals surface area (Å²) in [6.07, 6.45) is 27.6. The molecule has 0 amide bonds. The number of rotatable bonds is 7. The van der Waals surface area contributed by atoms with Crippen molar-refractivity contribution in [1.82, 2.24) is 0 Å². The fraction of sp³-hybridized carbons (Fsp3) is 0.433. The number of esters is 1. The van der Waals surface area contributed by atoms with E-state index in [4.69, 9.17) is 4.74 Å². The Labute approximate surface area is 195 Å². The normalized spacial score (nSPS) is 26.6. The van der Waals surface area contributed by atoms with E-state index in [0.29, 0.717) is 12.5 Å². The van der Waals surface area contributed by atoms with E-state index in [1.54, 1.807) is 0 Å². The van der Waals surface area contributed by atoms with Crippen LogP contribution < -0.4 is 0 Å². The van der Waals surface area contributed by atoms with E-state index in [2.05, 4.69) is 89.3 Å². The van der Waals surface area contributed by atoms with E-state index >= 15 is 0 Å². The van der Waals surface area contributed by atoms with E-state index in [9.17, 15) is 4.79 Å². The van der Waals surface area contributed by atoms with E-state index in [1.807, 2.05) is 13.0 Å². The first kappa shape index (κ1) is 25.6. The SMILES string of the molecule is CCOC(=O)/C=C/C1=C\CC(C)/C=C/C(/C=C/C=C(C)/C=C/C2=C(C)CCCC2(C)C)=C\1. The molecule has 0 heterocycles. The standard InChI is InChI=1S/C30H40O2/c1-7-32-29(31)20-18-27-17-14-24(3)13-16-26(22-27)12-8-10-23(2)15-19-28-25(4)11-9-21-30(28,5)6/h8,10,12-13,15-20,22,24H,7,9,11,14,21H2,1-6H3/b12-8+,16-13+,19-15+,20-18+,23-10+,26-22-,27-17+. The molecule has 32 heavy (non-hydrogen) atoms. The Hall–Kier alpha value is -2.61. The molecule has 0 aromatic heterocycles. The van der Waals surface area contributed by atoms with Gasteiger partial charge in [0, 0.05) is 6.08 Å². The molecule has 0 aliphatic heterocycles. The van der Waals surface area contributed by atoms with Gasteiger partial charge in [0.25, 0.3) is 0 Å². The third kappa shape index (κ3) is 8.49. The molecule has 2 aliphatic rings. The van der Waals surface area contributed by atoms with Gasteiger partial charge in [-0.2, -0.15) is 0 Å². The Kier molecular flexibility index (Phi) is 9.97. The molecular formula is C30H40O2. The Morgan fingerprint density at radius 3 is 2.69 bits per heavy atom. The lowest BCUT2D eigenvalue weighted by Gasteiger charge is -2.32. The van der Waals surface area contributed by atoms with Gasteiger partial charge in [-0.15, -0.1) is 0 Å². The highest BCUT2D eigenvalue weighted by atomic mass is 16.5. The van der Waals surface area contributed by atoms with Crippen molar-refractivity contribution in [3.05, 3.63) is 94.7 Å². The smallest absolute Gasteiger partial charge is 0.330 e. The summed E-state index contributed by atoms with van der Waals surface area (Å²) in [5, 5.41) is 0. The van der Waals surface area contributed by atoms with Crippen LogP contribution in [0.1, 0.15) is 67.2 Å². The number of carbonyl (C=O) groups excluding carboxylic acids is 1. The Morgan fingerprint density at radius 1 is 1.19 bits per heavy atom. The summed E-state index contributed by atoms with van der Waals surface area (Å²) in [7, 11) is 0. The van der Waals surface area contributed by atoms with Gasteiger partial charge in [-0.3, -0.25) is 0 Å². The summed E-state index contributed by atoms with van der Waals surface area (Å²) in [5.41, 5.74) is 6.63. The van der Waals surface area contributed by atoms with E-state index in [1.165, 1.54) is 42.1 Å². The van der Waals surface area contributed by atoms with Crippen molar-refractivity contribution >= 4 is 5.97 Å². The largest absolute Gasteiger partial charge is 0.463 e. The maximum absolute atomic E-state index is 11.7. The third-order valence-corrected chi connectivity index (χ3v) is 6.08. The first-order valence-electron chi connectivity index (χ1n) is 11.9. The number of ether oxygens (including phenoxy) is 1. The van der Waals surface area contributed by atoms with Crippen LogP contribution in [0, 0.1) is 11.3 Å². The lowest BCUT2D eigenvalue weighted by atomic mass is 9.72. The minimum absolute atomic E-state index is 0.264. The average Bonchev–Trinajstić information content (AvgIpc) is 2.71. The molecule has 0 aromatic carbocycles. The molecule has 172 valence electrons. The fourth-order valence-electron chi connectivity index (χ4n) is 4.14. The monoisotopic (exact) mass is 432 g/mol. The summed E-state index contributed by atoms with van der Waals surface area (Å²) in [6.45, 7) is 13.5. The molecule has 0 N–H and O–H groups in total. The van der Waals surface area contributed by atoms with Crippen LogP contribution in [0.15, 0.2) is 94.7 Å². The predicted molar refractivity (Wildman–Crippen MR) is 137 cm³/mol. The average molecular weight is 433 g/mol. The molecule has 2 aliphatic carbocycles. The highest BCUT2D eigenvalue weighted by molar-refractivity contribution is 5.82. The van der Waals surface area contributed by atoms with Gasteiger partial charge in [-0.1, -0.05) is 80.5 Å². The summed E-state index contributed by atoms with van der Waals surface area (Å²) < 4.78 is 5.00. The number of allylic oxidation sites excluding steroid dienone is 15. The van der Waals surface area contributed by atoms with Crippen LogP contribution in [-0.4, -0.2) is 12.6 Å². The molecule has 0 fully saturated rings. The summed E-state index contributed by atoms with van der Waals surface area (Å²) >= 11 is 0. The molecular weight excluding hydrogens is 392 g/mol. The maximum atomic E-state index is 11.7. The summed E-state index contributed by atoms with van der Waals surface area (Å²) in [6, 6.07) is 0. The van der Waals surface area contributed by atoms with Gasteiger partial charge in [0.05, 0.1) is 6.61 Å². The minimum atomic E-state index is -0.304. The van der Waals surface area contributed by atoms with Gasteiger partial charge in [0.15, 0.2) is 0 Å². The van der Waals surface area contributed by atoms with Crippen molar-refractivity contribution in [2.75, 3.05) is 6.61 Å². The molecule has 0 aromatic rings. The van der Waals surface area contributed by atoms with Crippen LogP contribution in [0.25, 0.3) is 0 Å². The zero-order valence-electron chi connectivity index (χ0n) is 20.8. The summed E-state index contributed by atoms with van der Waals surface area (Å²) in [4.78, 5) is 11.7. The van der Waals surface area contributed by atoms with E-state index < -0.39 is 0 Å². The molecule has 0 bridgehead atoms. The first-order valence-corrected chi connectivity index (χ1v) is 11.9. The molecule has 2 heteroatoms. The number of hydrogen-bond donors (Lipinski definition) is 0. The summed E-state index contributed by atoms with van der Waals surface area (Å²) in [5.74, 6) is 0.148. The van der Waals surface area contributed by atoms with Crippen molar-refractivity contribution in [1.29, 1.82) is 0 Å². The van der Waals surface area contributed by atoms with Crippen molar-refractivity contribution in [2.45, 2.75) is 67.2 Å². The van der Waals surface area contributed by atoms with Crippen LogP contribution >= 0.6 is 0 Å². The number of carbonyl (C=O) groups is 1. The Balaban J connectivity index is 2.14. The molecule has 0 radical (unpaired) electrons. The zero-order chi connectivity index (χ0) is 23.6. The van der Waals surface area contributed by atoms with Gasteiger partial charge in [-0.05, 0) is 86.7 Å². The van der Waals surface area contributed by atoms with Crippen molar-refractivity contribution in [3.63, 3.8) is 0 Å². The molecule has 0 saturated carbocycles. The van der Waals surface area contributed by atoms with Crippen molar-refractivity contribution in [2.24, 2.45) is 11.3 Å². The lowest BCUT2D eigenvalue weighted by molar-refractivity contribution is -0.137. The molecule has 2 nitrogen and oxygen atoms in total. The van der Waals surface area contributed by atoms with E-state index in [0.717, 1.165) is 17.6 Å². The van der Waals surface area contributed by atoms with Gasteiger partial charge >= 0.3 is 5.97 Å². The minimum Gasteiger partial charge on any atom is -0.463 e. The first-order chi connectivity index (χ1) is 15.2. The second-order valence-electron chi connectivity index (χ2n) is 9.54. The van der Waals surface area contributed by atoms with Crippen molar-refractivity contribution in [3.8, 4) is 0 Å². The van der Waals surface area contributed by atoms with Gasteiger partial charge < -0.3 is 4.74 Å². The molecule has 0 spiro atoms. The van der Waals surface area contributed by atoms with Crippen LogP contribution in [0.3, 0.4) is 0 Å². The highest BCUT2D eigenvalue weighted by Crippen LogP contribution is 2.40. The highest BCUT2D eigenvalue weighted by Gasteiger charge is 2.26. The zero-order valence-corrected chi connectivity index (χ0v) is 20.8. The molecule has 2 rings (SSSR count). The Bertz CT molecular complexity index is 910. The predicted octanol–water partition coefficient (Wildman–Crippen LogP) is 8.14. The molecule has 1 atom stereocenters. The second-order valence-corrected chi connectivity index (χ2v) is 9.54. The number of hydrogen-bond acceptors (Lipinski definition) is 2. The lowest BCUT2D eigenvalue weighted by Crippen LogP contribution is -2.19. The maximum Gasteiger partial charge on any atom is 0.330 e. The molecule has 0 saturated heterocycles. The molecule has 1 unspecified atom stereocenters. The van der Waals surface area contributed by atoms with Crippen LogP contribution in [0.2, 0.25) is 0 Å². The van der Waals surface area contributed by atoms with Gasteiger partial charge in [0.2, 0.25) is 0 Å². The fourth-order valence-corrected chi connectivity index (χ4v) is 4.14.